The molecule has 4 nitrogen and oxygen atoms in total. The number of carbonyl (C=O) groups excluding carboxylic acids is 1. The zero-order valence-electron chi connectivity index (χ0n) is 11.2. The van der Waals surface area contributed by atoms with Crippen LogP contribution in [0.4, 0.5) is 11.4 Å². The van der Waals surface area contributed by atoms with Crippen molar-refractivity contribution in [1.29, 1.82) is 0 Å². The number of benzene rings is 1. The minimum atomic E-state index is 0.122. The summed E-state index contributed by atoms with van der Waals surface area (Å²) >= 11 is 0. The number of hydrogen-bond acceptors (Lipinski definition) is 3. The van der Waals surface area contributed by atoms with E-state index < -0.39 is 0 Å². The van der Waals surface area contributed by atoms with Crippen LogP contribution >= 0.6 is 0 Å². The molecule has 2 aliphatic rings. The number of amides is 1. The van der Waals surface area contributed by atoms with Gasteiger partial charge >= 0.3 is 0 Å². The van der Waals surface area contributed by atoms with Crippen LogP contribution in [0.1, 0.15) is 25.7 Å². The number of nitrogens with two attached hydrogens (primary N) is 1. The van der Waals surface area contributed by atoms with E-state index in [1.165, 1.54) is 25.7 Å². The molecule has 2 unspecified atom stereocenters. The Balaban J connectivity index is 1.70. The van der Waals surface area contributed by atoms with E-state index >= 15 is 0 Å². The minimum Gasteiger partial charge on any atom is -0.497 e. The lowest BCUT2D eigenvalue weighted by atomic mass is 10.0. The standard InChI is InChI=1S/C15H20N2O2/c1-19-9-6-7-12(16)13(8-9)17-15(18)14-10-4-2-3-5-11(10)14/h6-8,10-11,14H,2-5,16H2,1H3,(H,17,18). The Morgan fingerprint density at radius 3 is 2.63 bits per heavy atom. The first-order valence-corrected chi connectivity index (χ1v) is 6.95. The summed E-state index contributed by atoms with van der Waals surface area (Å²) in [5.74, 6) is 2.25. The van der Waals surface area contributed by atoms with Crippen molar-refractivity contribution in [2.75, 3.05) is 18.2 Å². The Morgan fingerprint density at radius 2 is 2.00 bits per heavy atom. The predicted molar refractivity (Wildman–Crippen MR) is 75.0 cm³/mol. The first-order chi connectivity index (χ1) is 9.20. The van der Waals surface area contributed by atoms with Crippen LogP contribution < -0.4 is 15.8 Å². The second-order valence-corrected chi connectivity index (χ2v) is 5.58. The van der Waals surface area contributed by atoms with Crippen LogP contribution in [0.5, 0.6) is 5.75 Å². The number of nitrogens with one attached hydrogen (secondary N) is 1. The summed E-state index contributed by atoms with van der Waals surface area (Å²) in [5, 5.41) is 2.96. The van der Waals surface area contributed by atoms with Crippen molar-refractivity contribution < 1.29 is 9.53 Å². The summed E-state index contributed by atoms with van der Waals surface area (Å²) in [5.41, 5.74) is 7.13. The van der Waals surface area contributed by atoms with Crippen molar-refractivity contribution in [3.8, 4) is 5.75 Å². The van der Waals surface area contributed by atoms with Gasteiger partial charge in [0.05, 0.1) is 18.5 Å². The summed E-state index contributed by atoms with van der Waals surface area (Å²) < 4.78 is 5.16. The number of hydrogen-bond donors (Lipinski definition) is 2. The van der Waals surface area contributed by atoms with Gasteiger partial charge in [-0.05, 0) is 36.8 Å². The number of rotatable bonds is 3. The molecule has 102 valence electrons. The second kappa shape index (κ2) is 4.76. The molecule has 0 bridgehead atoms. The lowest BCUT2D eigenvalue weighted by molar-refractivity contribution is -0.117. The molecule has 2 saturated carbocycles. The fourth-order valence-electron chi connectivity index (χ4n) is 3.37. The average molecular weight is 260 g/mol. The van der Waals surface area contributed by atoms with Gasteiger partial charge in [0.15, 0.2) is 0 Å². The minimum absolute atomic E-state index is 0.122. The quantitative estimate of drug-likeness (QED) is 0.821. The van der Waals surface area contributed by atoms with Crippen molar-refractivity contribution in [2.24, 2.45) is 17.8 Å². The molecule has 1 aromatic rings. The summed E-state index contributed by atoms with van der Waals surface area (Å²) in [4.78, 5) is 12.3. The van der Waals surface area contributed by atoms with Crippen LogP contribution in [0, 0.1) is 17.8 Å². The van der Waals surface area contributed by atoms with Crippen molar-refractivity contribution in [1.82, 2.24) is 0 Å². The van der Waals surface area contributed by atoms with Gasteiger partial charge in [0, 0.05) is 12.0 Å². The van der Waals surface area contributed by atoms with E-state index in [4.69, 9.17) is 10.5 Å². The molecule has 0 heterocycles. The Morgan fingerprint density at radius 1 is 1.32 bits per heavy atom. The first kappa shape index (κ1) is 12.3. The van der Waals surface area contributed by atoms with Gasteiger partial charge in [-0.2, -0.15) is 0 Å². The van der Waals surface area contributed by atoms with Gasteiger partial charge in [-0.1, -0.05) is 12.8 Å². The second-order valence-electron chi connectivity index (χ2n) is 5.58. The van der Waals surface area contributed by atoms with Crippen molar-refractivity contribution in [3.05, 3.63) is 18.2 Å². The summed E-state index contributed by atoms with van der Waals surface area (Å²) in [6.45, 7) is 0. The largest absolute Gasteiger partial charge is 0.497 e. The van der Waals surface area contributed by atoms with Gasteiger partial charge in [0.1, 0.15) is 5.75 Å². The zero-order valence-corrected chi connectivity index (χ0v) is 11.2. The zero-order chi connectivity index (χ0) is 13.4. The van der Waals surface area contributed by atoms with Crippen LogP contribution in [0.15, 0.2) is 18.2 Å². The molecule has 0 aliphatic heterocycles. The highest BCUT2D eigenvalue weighted by atomic mass is 16.5. The Labute approximate surface area is 113 Å². The highest BCUT2D eigenvalue weighted by Gasteiger charge is 2.54. The van der Waals surface area contributed by atoms with Crippen LogP contribution in [0.3, 0.4) is 0 Å². The topological polar surface area (TPSA) is 64.3 Å². The molecule has 1 aromatic carbocycles. The summed E-state index contributed by atoms with van der Waals surface area (Å²) in [6.07, 6.45) is 4.95. The van der Waals surface area contributed by atoms with Crippen molar-refractivity contribution in [2.45, 2.75) is 25.7 Å². The van der Waals surface area contributed by atoms with E-state index in [0.717, 1.165) is 0 Å². The van der Waals surface area contributed by atoms with Gasteiger partial charge < -0.3 is 15.8 Å². The predicted octanol–water partition coefficient (Wildman–Crippen LogP) is 2.65. The fraction of sp³-hybridized carbons (Fsp3) is 0.533. The Bertz CT molecular complexity index is 489. The average Bonchev–Trinajstić information content (AvgIpc) is 3.15. The lowest BCUT2D eigenvalue weighted by Gasteiger charge is -2.09. The third kappa shape index (κ3) is 2.27. The number of ether oxygens (including phenoxy) is 1. The van der Waals surface area contributed by atoms with Gasteiger partial charge in [0.25, 0.3) is 0 Å². The normalized spacial score (nSPS) is 28.4. The Kier molecular flexibility index (Phi) is 3.09. The molecule has 0 radical (unpaired) electrons. The maximum Gasteiger partial charge on any atom is 0.228 e. The van der Waals surface area contributed by atoms with E-state index in [2.05, 4.69) is 5.32 Å². The summed E-state index contributed by atoms with van der Waals surface area (Å²) in [6, 6.07) is 5.33. The highest BCUT2D eigenvalue weighted by Crippen LogP contribution is 2.55. The van der Waals surface area contributed by atoms with E-state index in [0.29, 0.717) is 29.0 Å². The molecular weight excluding hydrogens is 240 g/mol. The molecule has 2 fully saturated rings. The van der Waals surface area contributed by atoms with Crippen LogP contribution in [-0.4, -0.2) is 13.0 Å². The van der Waals surface area contributed by atoms with E-state index in [-0.39, 0.29) is 11.8 Å². The van der Waals surface area contributed by atoms with E-state index in [1.54, 1.807) is 25.3 Å². The molecule has 3 N–H and O–H groups in total. The van der Waals surface area contributed by atoms with E-state index in [9.17, 15) is 4.79 Å². The molecule has 2 atom stereocenters. The summed E-state index contributed by atoms with van der Waals surface area (Å²) in [7, 11) is 1.60. The Hall–Kier alpha value is -1.71. The molecular formula is C15H20N2O2. The maximum atomic E-state index is 12.3. The fourth-order valence-corrected chi connectivity index (χ4v) is 3.37. The molecule has 0 saturated heterocycles. The molecule has 0 spiro atoms. The van der Waals surface area contributed by atoms with Crippen LogP contribution in [0.2, 0.25) is 0 Å². The lowest BCUT2D eigenvalue weighted by Crippen LogP contribution is -2.16. The number of fused-ring (bicyclic) bond motifs is 1. The highest BCUT2D eigenvalue weighted by molar-refractivity contribution is 5.97. The molecule has 0 aromatic heterocycles. The van der Waals surface area contributed by atoms with Crippen molar-refractivity contribution in [3.63, 3.8) is 0 Å². The first-order valence-electron chi connectivity index (χ1n) is 6.95. The maximum absolute atomic E-state index is 12.3. The third-order valence-corrected chi connectivity index (χ3v) is 4.48. The molecule has 1 amide bonds. The molecule has 4 heteroatoms. The monoisotopic (exact) mass is 260 g/mol. The van der Waals surface area contributed by atoms with Gasteiger partial charge in [-0.3, -0.25) is 4.79 Å². The van der Waals surface area contributed by atoms with Crippen LogP contribution in [0.25, 0.3) is 0 Å². The van der Waals surface area contributed by atoms with E-state index in [1.807, 2.05) is 0 Å². The number of anilines is 2. The van der Waals surface area contributed by atoms with Crippen LogP contribution in [-0.2, 0) is 4.79 Å². The van der Waals surface area contributed by atoms with Gasteiger partial charge in [-0.25, -0.2) is 0 Å². The number of carbonyl (C=O) groups is 1. The molecule has 3 rings (SSSR count). The number of nitrogen functional groups attached to an aromatic ring is 1. The molecule has 2 aliphatic carbocycles. The van der Waals surface area contributed by atoms with Gasteiger partial charge in [0.2, 0.25) is 5.91 Å². The molecule has 19 heavy (non-hydrogen) atoms. The number of methoxy groups -OCH3 is 1. The smallest absolute Gasteiger partial charge is 0.228 e. The third-order valence-electron chi connectivity index (χ3n) is 4.48. The SMILES string of the molecule is COc1ccc(N)c(NC(=O)C2C3CCCCC32)c1. The van der Waals surface area contributed by atoms with Gasteiger partial charge in [-0.15, -0.1) is 0 Å². The van der Waals surface area contributed by atoms with Crippen molar-refractivity contribution >= 4 is 17.3 Å².